The fourth-order valence-corrected chi connectivity index (χ4v) is 4.03. The average Bonchev–Trinajstić information content (AvgIpc) is 3.26. The van der Waals surface area contributed by atoms with Crippen molar-refractivity contribution >= 4 is 22.6 Å². The summed E-state index contributed by atoms with van der Waals surface area (Å²) in [6.07, 6.45) is 3.46. The van der Waals surface area contributed by atoms with Crippen molar-refractivity contribution < 1.29 is 13.9 Å². The molecule has 0 unspecified atom stereocenters. The number of hydrogen-bond acceptors (Lipinski definition) is 7. The molecule has 3 heterocycles. The van der Waals surface area contributed by atoms with Gasteiger partial charge in [0.05, 0.1) is 18.4 Å². The molecular weight excluding hydrogens is 373 g/mol. The SMILES string of the molecule is C[C@@H](Nc1cc(N2C[C@H](O)C[C@@H]2CN(C)C)ncn1)c1coc2c(F)cccc12. The topological polar surface area (TPSA) is 77.7 Å². The molecule has 0 radical (unpaired) electrons. The molecule has 8 heteroatoms. The van der Waals surface area contributed by atoms with Gasteiger partial charge in [-0.1, -0.05) is 12.1 Å². The Balaban J connectivity index is 1.55. The Hall–Kier alpha value is -2.71. The van der Waals surface area contributed by atoms with Crippen LogP contribution in [0.5, 0.6) is 0 Å². The summed E-state index contributed by atoms with van der Waals surface area (Å²) in [5, 5.41) is 14.2. The Morgan fingerprint density at radius 2 is 2.21 bits per heavy atom. The smallest absolute Gasteiger partial charge is 0.169 e. The number of aliphatic hydroxyl groups is 1. The third-order valence-corrected chi connectivity index (χ3v) is 5.33. The van der Waals surface area contributed by atoms with Crippen LogP contribution in [0, 0.1) is 5.82 Å². The van der Waals surface area contributed by atoms with Crippen LogP contribution in [0.2, 0.25) is 0 Å². The first-order valence-electron chi connectivity index (χ1n) is 9.76. The van der Waals surface area contributed by atoms with Crippen molar-refractivity contribution in [1.29, 1.82) is 0 Å². The first-order valence-corrected chi connectivity index (χ1v) is 9.76. The molecule has 2 N–H and O–H groups in total. The second-order valence-corrected chi connectivity index (χ2v) is 7.89. The Morgan fingerprint density at radius 1 is 1.38 bits per heavy atom. The third kappa shape index (κ3) is 4.04. The zero-order chi connectivity index (χ0) is 20.5. The number of likely N-dealkylation sites (N-methyl/N-ethyl adjacent to an activating group) is 1. The number of aromatic nitrogens is 2. The van der Waals surface area contributed by atoms with Gasteiger partial charge in [-0.2, -0.15) is 0 Å². The number of fused-ring (bicyclic) bond motifs is 1. The van der Waals surface area contributed by atoms with Gasteiger partial charge in [0.25, 0.3) is 0 Å². The summed E-state index contributed by atoms with van der Waals surface area (Å²) in [6, 6.07) is 6.86. The van der Waals surface area contributed by atoms with Crippen LogP contribution in [0.1, 0.15) is 24.9 Å². The van der Waals surface area contributed by atoms with Crippen molar-refractivity contribution in [1.82, 2.24) is 14.9 Å². The highest BCUT2D eigenvalue weighted by molar-refractivity contribution is 5.82. The number of para-hydroxylation sites is 1. The number of anilines is 2. The zero-order valence-electron chi connectivity index (χ0n) is 16.8. The first kappa shape index (κ1) is 19.6. The van der Waals surface area contributed by atoms with Crippen LogP contribution >= 0.6 is 0 Å². The summed E-state index contributed by atoms with van der Waals surface area (Å²) in [4.78, 5) is 13.0. The van der Waals surface area contributed by atoms with E-state index in [2.05, 4.69) is 25.1 Å². The van der Waals surface area contributed by atoms with Crippen molar-refractivity contribution in [3.63, 3.8) is 0 Å². The van der Waals surface area contributed by atoms with Gasteiger partial charge in [-0.25, -0.2) is 14.4 Å². The largest absolute Gasteiger partial charge is 0.461 e. The Bertz CT molecular complexity index is 992. The predicted octanol–water partition coefficient (Wildman–Crippen LogP) is 3.04. The molecule has 3 aromatic rings. The molecule has 0 amide bonds. The molecule has 3 atom stereocenters. The molecule has 2 aromatic heterocycles. The molecule has 1 fully saturated rings. The number of halogens is 1. The van der Waals surface area contributed by atoms with Gasteiger partial charge in [0.15, 0.2) is 11.4 Å². The van der Waals surface area contributed by atoms with Gasteiger partial charge < -0.3 is 24.6 Å². The standard InChI is InChI=1S/C21H26FN5O2/c1-13(17-11-29-21-16(17)5-4-6-18(21)22)25-19-8-20(24-12-23-19)27-10-15(28)7-14(27)9-26(2)3/h4-6,8,11-15,28H,7,9-10H2,1-3H3,(H,23,24,25)/t13-,14-,15-/m1/s1. The second kappa shape index (κ2) is 7.96. The van der Waals surface area contributed by atoms with Gasteiger partial charge in [0.2, 0.25) is 0 Å². The van der Waals surface area contributed by atoms with Crippen LogP contribution in [0.25, 0.3) is 11.0 Å². The van der Waals surface area contributed by atoms with E-state index < -0.39 is 0 Å². The minimum absolute atomic E-state index is 0.137. The molecule has 0 spiro atoms. The Labute approximate surface area is 169 Å². The molecule has 1 aliphatic rings. The van der Waals surface area contributed by atoms with E-state index in [4.69, 9.17) is 4.42 Å². The normalized spacial score (nSPS) is 20.6. The lowest BCUT2D eigenvalue weighted by Crippen LogP contribution is -2.38. The van der Waals surface area contributed by atoms with E-state index in [0.29, 0.717) is 18.8 Å². The second-order valence-electron chi connectivity index (χ2n) is 7.89. The van der Waals surface area contributed by atoms with Crippen molar-refractivity contribution in [3.8, 4) is 0 Å². The van der Waals surface area contributed by atoms with Gasteiger partial charge in [-0.05, 0) is 33.5 Å². The maximum Gasteiger partial charge on any atom is 0.169 e. The molecule has 1 aliphatic heterocycles. The van der Waals surface area contributed by atoms with Crippen molar-refractivity contribution in [2.24, 2.45) is 0 Å². The molecule has 0 saturated carbocycles. The molecule has 1 aromatic carbocycles. The fraction of sp³-hybridized carbons (Fsp3) is 0.429. The maximum atomic E-state index is 13.9. The quantitative estimate of drug-likeness (QED) is 0.660. The lowest BCUT2D eigenvalue weighted by atomic mass is 10.1. The summed E-state index contributed by atoms with van der Waals surface area (Å²) in [7, 11) is 4.05. The summed E-state index contributed by atoms with van der Waals surface area (Å²) in [6.45, 7) is 3.37. The van der Waals surface area contributed by atoms with Crippen molar-refractivity contribution in [3.05, 3.63) is 48.2 Å². The number of benzene rings is 1. The molecular formula is C21H26FN5O2. The van der Waals surface area contributed by atoms with E-state index >= 15 is 0 Å². The molecule has 1 saturated heterocycles. The third-order valence-electron chi connectivity index (χ3n) is 5.33. The zero-order valence-corrected chi connectivity index (χ0v) is 16.8. The highest BCUT2D eigenvalue weighted by Crippen LogP contribution is 2.31. The molecule has 29 heavy (non-hydrogen) atoms. The number of hydrogen-bond donors (Lipinski definition) is 2. The number of rotatable bonds is 6. The van der Waals surface area contributed by atoms with Crippen LogP contribution < -0.4 is 10.2 Å². The van der Waals surface area contributed by atoms with Crippen LogP contribution in [-0.4, -0.2) is 59.3 Å². The molecule has 4 rings (SSSR count). The highest BCUT2D eigenvalue weighted by atomic mass is 19.1. The van der Waals surface area contributed by atoms with Crippen molar-refractivity contribution in [2.45, 2.75) is 31.5 Å². The van der Waals surface area contributed by atoms with E-state index in [-0.39, 0.29) is 29.6 Å². The van der Waals surface area contributed by atoms with E-state index in [1.807, 2.05) is 33.2 Å². The van der Waals surface area contributed by atoms with E-state index in [1.165, 1.54) is 12.4 Å². The van der Waals surface area contributed by atoms with Crippen LogP contribution in [0.3, 0.4) is 0 Å². The lowest BCUT2D eigenvalue weighted by Gasteiger charge is -2.28. The number of β-amino-alcohol motifs (C(OH)–C–C–N with tert-alkyl or cyclic N) is 1. The fourth-order valence-electron chi connectivity index (χ4n) is 4.03. The van der Waals surface area contributed by atoms with Gasteiger partial charge in [-0.3, -0.25) is 0 Å². The molecule has 7 nitrogen and oxygen atoms in total. The van der Waals surface area contributed by atoms with Gasteiger partial charge in [-0.15, -0.1) is 0 Å². The minimum Gasteiger partial charge on any atom is -0.461 e. The van der Waals surface area contributed by atoms with E-state index in [1.54, 1.807) is 12.3 Å². The number of nitrogens with zero attached hydrogens (tertiary/aromatic N) is 4. The molecule has 154 valence electrons. The molecule has 0 aliphatic carbocycles. The first-order chi connectivity index (χ1) is 13.9. The van der Waals surface area contributed by atoms with Crippen LogP contribution in [0.4, 0.5) is 16.0 Å². The summed E-state index contributed by atoms with van der Waals surface area (Å²) < 4.78 is 19.3. The van der Waals surface area contributed by atoms with E-state index in [0.717, 1.165) is 23.3 Å². The number of aliphatic hydroxyl groups excluding tert-OH is 1. The average molecular weight is 399 g/mol. The monoisotopic (exact) mass is 399 g/mol. The predicted molar refractivity (Wildman–Crippen MR) is 111 cm³/mol. The molecule has 0 bridgehead atoms. The summed E-state index contributed by atoms with van der Waals surface area (Å²) in [5.74, 6) is 1.07. The Kier molecular flexibility index (Phi) is 5.38. The summed E-state index contributed by atoms with van der Waals surface area (Å²) in [5.41, 5.74) is 1.12. The highest BCUT2D eigenvalue weighted by Gasteiger charge is 2.32. The Morgan fingerprint density at radius 3 is 3.00 bits per heavy atom. The number of nitrogens with one attached hydrogen (secondary N) is 1. The van der Waals surface area contributed by atoms with Crippen LogP contribution in [0.15, 0.2) is 41.3 Å². The van der Waals surface area contributed by atoms with E-state index in [9.17, 15) is 9.50 Å². The lowest BCUT2D eigenvalue weighted by molar-refractivity contribution is 0.191. The summed E-state index contributed by atoms with van der Waals surface area (Å²) >= 11 is 0. The van der Waals surface area contributed by atoms with Gasteiger partial charge in [0.1, 0.15) is 18.0 Å². The number of furan rings is 1. The van der Waals surface area contributed by atoms with Crippen molar-refractivity contribution in [2.75, 3.05) is 37.4 Å². The maximum absolute atomic E-state index is 13.9. The van der Waals surface area contributed by atoms with Gasteiger partial charge >= 0.3 is 0 Å². The van der Waals surface area contributed by atoms with Crippen LogP contribution in [-0.2, 0) is 0 Å². The minimum atomic E-state index is -0.371. The van der Waals surface area contributed by atoms with Gasteiger partial charge in [0, 0.05) is 36.1 Å².